The normalized spacial score (nSPS) is 23.8. The van der Waals surface area contributed by atoms with Crippen molar-refractivity contribution in [1.29, 1.82) is 0 Å². The number of hydrogen-bond acceptors (Lipinski definition) is 4. The van der Waals surface area contributed by atoms with Gasteiger partial charge in [-0.3, -0.25) is 9.59 Å². The Kier molecular flexibility index (Phi) is 5.37. The maximum Gasteiger partial charge on any atom is 0.265 e. The summed E-state index contributed by atoms with van der Waals surface area (Å²) in [6, 6.07) is 11.0. The third-order valence-electron chi connectivity index (χ3n) is 7.57. The van der Waals surface area contributed by atoms with Crippen molar-refractivity contribution in [1.82, 2.24) is 14.8 Å². The zero-order chi connectivity index (χ0) is 21.6. The van der Waals surface area contributed by atoms with Gasteiger partial charge in [-0.15, -0.1) is 11.3 Å². The van der Waals surface area contributed by atoms with Crippen molar-refractivity contribution < 1.29 is 9.59 Å². The van der Waals surface area contributed by atoms with Gasteiger partial charge in [0.15, 0.2) is 0 Å². The highest BCUT2D eigenvalue weighted by molar-refractivity contribution is 7.13. The van der Waals surface area contributed by atoms with E-state index in [9.17, 15) is 9.59 Å². The molecule has 1 spiro atoms. The molecule has 1 aromatic carbocycles. The Balaban J connectivity index is 1.33. The van der Waals surface area contributed by atoms with E-state index in [2.05, 4.69) is 40.2 Å². The monoisotopic (exact) mass is 437 g/mol. The average Bonchev–Trinajstić information content (AvgIpc) is 3.15. The van der Waals surface area contributed by atoms with Crippen LogP contribution in [0.5, 0.6) is 0 Å². The lowest BCUT2D eigenvalue weighted by Gasteiger charge is -2.61. The van der Waals surface area contributed by atoms with Gasteiger partial charge in [-0.2, -0.15) is 0 Å². The fourth-order valence-electron chi connectivity index (χ4n) is 6.07. The second-order valence-corrected chi connectivity index (χ2v) is 10.6. The highest BCUT2D eigenvalue weighted by Crippen LogP contribution is 2.59. The number of carbonyl (C=O) groups excluding carboxylic acids is 2. The number of amides is 2. The van der Waals surface area contributed by atoms with Crippen LogP contribution in [-0.2, 0) is 4.79 Å². The summed E-state index contributed by atoms with van der Waals surface area (Å²) in [6.07, 6.45) is 7.30. The van der Waals surface area contributed by atoms with Crippen molar-refractivity contribution >= 4 is 23.2 Å². The lowest BCUT2D eigenvalue weighted by Crippen LogP contribution is -2.67. The lowest BCUT2D eigenvalue weighted by molar-refractivity contribution is -0.186. The number of likely N-dealkylation sites (tertiary alicyclic amines) is 2. The van der Waals surface area contributed by atoms with E-state index in [4.69, 9.17) is 0 Å². The molecule has 5 nitrogen and oxygen atoms in total. The molecule has 1 aliphatic carbocycles. The SMILES string of the molecule is Cc1nc(C)c(C(=O)N2CCC(N3C(=O)C4(CCCCC4)C3c3ccccc3)CC2)s1. The molecule has 1 saturated carbocycles. The minimum Gasteiger partial charge on any atom is -0.338 e. The number of nitrogens with zero attached hydrogens (tertiary/aromatic N) is 3. The number of rotatable bonds is 3. The molecule has 0 radical (unpaired) electrons. The summed E-state index contributed by atoms with van der Waals surface area (Å²) in [5.74, 6) is 0.458. The third kappa shape index (κ3) is 3.39. The van der Waals surface area contributed by atoms with E-state index in [0.717, 1.165) is 54.1 Å². The first-order valence-corrected chi connectivity index (χ1v) is 12.4. The van der Waals surface area contributed by atoms with Gasteiger partial charge in [0.05, 0.1) is 22.2 Å². The van der Waals surface area contributed by atoms with Crippen molar-refractivity contribution in [2.45, 2.75) is 70.9 Å². The number of thiazole rings is 1. The van der Waals surface area contributed by atoms with Gasteiger partial charge in [-0.05, 0) is 45.1 Å². The van der Waals surface area contributed by atoms with Crippen LogP contribution >= 0.6 is 11.3 Å². The maximum absolute atomic E-state index is 13.5. The highest BCUT2D eigenvalue weighted by Gasteiger charge is 2.62. The quantitative estimate of drug-likeness (QED) is 0.642. The van der Waals surface area contributed by atoms with E-state index in [0.29, 0.717) is 19.0 Å². The largest absolute Gasteiger partial charge is 0.338 e. The maximum atomic E-state index is 13.5. The molecule has 3 heterocycles. The summed E-state index contributed by atoms with van der Waals surface area (Å²) in [5.41, 5.74) is 1.92. The van der Waals surface area contributed by atoms with E-state index in [-0.39, 0.29) is 23.4 Å². The van der Waals surface area contributed by atoms with E-state index in [1.54, 1.807) is 0 Å². The number of carbonyl (C=O) groups is 2. The van der Waals surface area contributed by atoms with Crippen LogP contribution in [0.15, 0.2) is 30.3 Å². The van der Waals surface area contributed by atoms with Crippen LogP contribution in [0.4, 0.5) is 0 Å². The standard InChI is InChI=1S/C25H31N3O2S/c1-17-21(31-18(2)26-17)23(29)27-15-11-20(12-16-27)28-22(19-9-5-3-6-10-19)25(24(28)30)13-7-4-8-14-25/h3,5-6,9-10,20,22H,4,7-8,11-16H2,1-2H3. The van der Waals surface area contributed by atoms with Crippen molar-refractivity contribution in [3.05, 3.63) is 51.5 Å². The fraction of sp³-hybridized carbons (Fsp3) is 0.560. The summed E-state index contributed by atoms with van der Waals surface area (Å²) < 4.78 is 0. The Morgan fingerprint density at radius 1 is 1.06 bits per heavy atom. The summed E-state index contributed by atoms with van der Waals surface area (Å²) in [7, 11) is 0. The summed E-state index contributed by atoms with van der Waals surface area (Å²) in [6.45, 7) is 5.27. The Morgan fingerprint density at radius 2 is 1.74 bits per heavy atom. The fourth-order valence-corrected chi connectivity index (χ4v) is 6.96. The minimum atomic E-state index is -0.191. The summed E-state index contributed by atoms with van der Waals surface area (Å²) in [4.78, 5) is 35.9. The van der Waals surface area contributed by atoms with Crippen molar-refractivity contribution in [2.75, 3.05) is 13.1 Å². The average molecular weight is 438 g/mol. The Morgan fingerprint density at radius 3 is 2.35 bits per heavy atom. The van der Waals surface area contributed by atoms with Crippen LogP contribution in [0.3, 0.4) is 0 Å². The Hall–Kier alpha value is -2.21. The lowest BCUT2D eigenvalue weighted by atomic mass is 9.59. The molecule has 2 aromatic rings. The van der Waals surface area contributed by atoms with Crippen LogP contribution in [0.25, 0.3) is 0 Å². The van der Waals surface area contributed by atoms with Gasteiger partial charge in [0.2, 0.25) is 5.91 Å². The van der Waals surface area contributed by atoms with Crippen LogP contribution < -0.4 is 0 Å². The number of aromatic nitrogens is 1. The van der Waals surface area contributed by atoms with Gasteiger partial charge < -0.3 is 9.80 Å². The first kappa shape index (κ1) is 20.7. The molecule has 6 heteroatoms. The highest BCUT2D eigenvalue weighted by atomic mass is 32.1. The minimum absolute atomic E-state index is 0.0971. The molecule has 31 heavy (non-hydrogen) atoms. The predicted molar refractivity (Wildman–Crippen MR) is 122 cm³/mol. The topological polar surface area (TPSA) is 53.5 Å². The molecule has 2 aliphatic heterocycles. The van der Waals surface area contributed by atoms with Crippen molar-refractivity contribution in [3.63, 3.8) is 0 Å². The Labute approximate surface area is 188 Å². The van der Waals surface area contributed by atoms with Gasteiger partial charge in [0, 0.05) is 19.1 Å². The van der Waals surface area contributed by atoms with Gasteiger partial charge in [-0.1, -0.05) is 49.6 Å². The third-order valence-corrected chi connectivity index (χ3v) is 8.63. The molecular formula is C25H31N3O2S. The van der Waals surface area contributed by atoms with Gasteiger partial charge in [0.1, 0.15) is 4.88 Å². The van der Waals surface area contributed by atoms with Crippen molar-refractivity contribution in [3.8, 4) is 0 Å². The molecule has 164 valence electrons. The van der Waals surface area contributed by atoms with Crippen LogP contribution in [0, 0.1) is 19.3 Å². The molecule has 2 amide bonds. The second kappa shape index (κ2) is 8.05. The Bertz CT molecular complexity index is 972. The first-order chi connectivity index (χ1) is 15.0. The number of piperidine rings is 1. The van der Waals surface area contributed by atoms with Gasteiger partial charge in [0.25, 0.3) is 5.91 Å². The van der Waals surface area contributed by atoms with E-state index in [1.165, 1.54) is 23.3 Å². The van der Waals surface area contributed by atoms with Gasteiger partial charge in [-0.25, -0.2) is 4.98 Å². The zero-order valence-electron chi connectivity index (χ0n) is 18.5. The molecule has 1 unspecified atom stereocenters. The molecular weight excluding hydrogens is 406 g/mol. The molecule has 1 aromatic heterocycles. The number of β-lactam (4-membered cyclic amide) rings is 1. The van der Waals surface area contributed by atoms with E-state index >= 15 is 0 Å². The number of aryl methyl sites for hydroxylation is 2. The molecule has 3 fully saturated rings. The predicted octanol–water partition coefficient (Wildman–Crippen LogP) is 4.90. The molecule has 1 atom stereocenters. The summed E-state index contributed by atoms with van der Waals surface area (Å²) >= 11 is 1.48. The van der Waals surface area contributed by atoms with E-state index < -0.39 is 0 Å². The first-order valence-electron chi connectivity index (χ1n) is 11.6. The van der Waals surface area contributed by atoms with Gasteiger partial charge >= 0.3 is 0 Å². The van der Waals surface area contributed by atoms with Crippen molar-refractivity contribution in [2.24, 2.45) is 5.41 Å². The molecule has 3 aliphatic rings. The number of hydrogen-bond donors (Lipinski definition) is 0. The molecule has 2 saturated heterocycles. The van der Waals surface area contributed by atoms with Crippen LogP contribution in [0.1, 0.15) is 76.9 Å². The second-order valence-electron chi connectivity index (χ2n) is 9.41. The van der Waals surface area contributed by atoms with E-state index in [1.807, 2.05) is 18.7 Å². The zero-order valence-corrected chi connectivity index (χ0v) is 19.3. The smallest absolute Gasteiger partial charge is 0.265 e. The van der Waals surface area contributed by atoms with Crippen LogP contribution in [-0.4, -0.2) is 45.7 Å². The van der Waals surface area contributed by atoms with Crippen LogP contribution in [0.2, 0.25) is 0 Å². The molecule has 0 N–H and O–H groups in total. The summed E-state index contributed by atoms with van der Waals surface area (Å²) in [5, 5.41) is 0.936. The molecule has 0 bridgehead atoms. The number of benzene rings is 1. The molecule has 5 rings (SSSR count).